The molecule has 1 aliphatic carbocycles. The molecule has 4 heteroatoms. The van der Waals surface area contributed by atoms with Crippen molar-refractivity contribution in [1.82, 2.24) is 10.6 Å². The van der Waals surface area contributed by atoms with Gasteiger partial charge in [0.2, 0.25) is 11.8 Å². The van der Waals surface area contributed by atoms with Crippen molar-refractivity contribution in [3.63, 3.8) is 0 Å². The van der Waals surface area contributed by atoms with Crippen LogP contribution in [0.1, 0.15) is 58.8 Å². The van der Waals surface area contributed by atoms with Crippen LogP contribution in [0.25, 0.3) is 0 Å². The molecule has 0 bridgehead atoms. The number of rotatable bonds is 3. The minimum absolute atomic E-state index is 0.0641. The Morgan fingerprint density at radius 2 is 1.59 bits per heavy atom. The third-order valence-electron chi connectivity index (χ3n) is 3.26. The summed E-state index contributed by atoms with van der Waals surface area (Å²) in [5.74, 6) is -0.226. The van der Waals surface area contributed by atoms with Crippen molar-refractivity contribution in [2.75, 3.05) is 0 Å². The van der Waals surface area contributed by atoms with E-state index in [0.717, 1.165) is 12.8 Å². The first-order chi connectivity index (χ1) is 8.09. The molecule has 2 amide bonds. The van der Waals surface area contributed by atoms with Crippen molar-refractivity contribution in [3.8, 4) is 0 Å². The van der Waals surface area contributed by atoms with Crippen molar-refractivity contribution in [2.45, 2.75) is 70.9 Å². The van der Waals surface area contributed by atoms with Gasteiger partial charge in [0.1, 0.15) is 6.04 Å². The highest BCUT2D eigenvalue weighted by atomic mass is 16.2. The Hall–Kier alpha value is -1.06. The van der Waals surface area contributed by atoms with Gasteiger partial charge in [-0.3, -0.25) is 9.59 Å². The van der Waals surface area contributed by atoms with Gasteiger partial charge in [0, 0.05) is 13.0 Å². The van der Waals surface area contributed by atoms with Gasteiger partial charge in [-0.25, -0.2) is 0 Å². The fourth-order valence-electron chi connectivity index (χ4n) is 2.30. The lowest BCUT2D eigenvalue weighted by molar-refractivity contribution is -0.128. The van der Waals surface area contributed by atoms with Crippen LogP contribution in [0.4, 0.5) is 0 Å². The first-order valence-electron chi connectivity index (χ1n) is 6.67. The Kier molecular flexibility index (Phi) is 6.01. The zero-order valence-corrected chi connectivity index (χ0v) is 10.9. The number of carbonyl (C=O) groups is 2. The number of nitrogens with one attached hydrogen (secondary N) is 2. The van der Waals surface area contributed by atoms with E-state index in [-0.39, 0.29) is 11.8 Å². The fourth-order valence-corrected chi connectivity index (χ4v) is 2.30. The van der Waals surface area contributed by atoms with Gasteiger partial charge in [0.15, 0.2) is 0 Å². The second-order valence-electron chi connectivity index (χ2n) is 4.97. The minimum Gasteiger partial charge on any atom is -0.352 e. The Morgan fingerprint density at radius 1 is 1.06 bits per heavy atom. The SMILES string of the molecule is CC(=O)N[C@H](C)C(=O)NC1CCCCCCC1. The second-order valence-corrected chi connectivity index (χ2v) is 4.97. The van der Waals surface area contributed by atoms with E-state index in [9.17, 15) is 9.59 Å². The molecule has 0 aromatic heterocycles. The van der Waals surface area contributed by atoms with Crippen LogP contribution in [0, 0.1) is 0 Å². The summed E-state index contributed by atoms with van der Waals surface area (Å²) < 4.78 is 0. The lowest BCUT2D eigenvalue weighted by atomic mass is 9.96. The summed E-state index contributed by atoms with van der Waals surface area (Å²) in [6.07, 6.45) is 8.39. The highest BCUT2D eigenvalue weighted by molar-refractivity contribution is 5.86. The molecule has 1 saturated carbocycles. The van der Waals surface area contributed by atoms with Gasteiger partial charge in [-0.05, 0) is 19.8 Å². The van der Waals surface area contributed by atoms with Gasteiger partial charge in [-0.2, -0.15) is 0 Å². The standard InChI is InChI=1S/C13H24N2O2/c1-10(14-11(2)16)13(17)15-12-8-6-4-3-5-7-9-12/h10,12H,3-9H2,1-2H3,(H,14,16)(H,15,17)/t10-/m1/s1. The van der Waals surface area contributed by atoms with Crippen LogP contribution >= 0.6 is 0 Å². The topological polar surface area (TPSA) is 58.2 Å². The van der Waals surface area contributed by atoms with Gasteiger partial charge >= 0.3 is 0 Å². The largest absolute Gasteiger partial charge is 0.352 e. The fraction of sp³-hybridized carbons (Fsp3) is 0.846. The van der Waals surface area contributed by atoms with Gasteiger partial charge < -0.3 is 10.6 Å². The summed E-state index contributed by atoms with van der Waals surface area (Å²) in [6, 6.07) is -0.142. The Morgan fingerprint density at radius 3 is 2.12 bits per heavy atom. The zero-order valence-electron chi connectivity index (χ0n) is 10.9. The van der Waals surface area contributed by atoms with Crippen LogP contribution in [-0.2, 0) is 9.59 Å². The molecule has 1 aliphatic rings. The van der Waals surface area contributed by atoms with Crippen molar-refractivity contribution in [3.05, 3.63) is 0 Å². The van der Waals surface area contributed by atoms with E-state index in [1.54, 1.807) is 6.92 Å². The summed E-state index contributed by atoms with van der Waals surface area (Å²) >= 11 is 0. The first kappa shape index (κ1) is 14.0. The average molecular weight is 240 g/mol. The molecule has 0 heterocycles. The smallest absolute Gasteiger partial charge is 0.242 e. The number of hydrogen-bond acceptors (Lipinski definition) is 2. The first-order valence-corrected chi connectivity index (χ1v) is 6.67. The maximum atomic E-state index is 11.8. The van der Waals surface area contributed by atoms with Crippen molar-refractivity contribution < 1.29 is 9.59 Å². The number of hydrogen-bond donors (Lipinski definition) is 2. The van der Waals surface area contributed by atoms with Gasteiger partial charge in [-0.1, -0.05) is 32.1 Å². The molecule has 1 atom stereocenters. The minimum atomic E-state index is -0.432. The van der Waals surface area contributed by atoms with Gasteiger partial charge in [0.05, 0.1) is 0 Å². The molecule has 17 heavy (non-hydrogen) atoms. The predicted molar refractivity (Wildman–Crippen MR) is 67.5 cm³/mol. The van der Waals surface area contributed by atoms with E-state index >= 15 is 0 Å². The maximum absolute atomic E-state index is 11.8. The molecule has 1 rings (SSSR count). The molecule has 0 aliphatic heterocycles. The van der Waals surface area contributed by atoms with Crippen LogP contribution in [0.5, 0.6) is 0 Å². The van der Waals surface area contributed by atoms with Crippen LogP contribution in [0.2, 0.25) is 0 Å². The predicted octanol–water partition coefficient (Wildman–Crippen LogP) is 1.74. The van der Waals surface area contributed by atoms with Gasteiger partial charge in [-0.15, -0.1) is 0 Å². The average Bonchev–Trinajstić information content (AvgIpc) is 2.20. The zero-order chi connectivity index (χ0) is 12.7. The van der Waals surface area contributed by atoms with E-state index < -0.39 is 6.04 Å². The summed E-state index contributed by atoms with van der Waals surface area (Å²) in [7, 11) is 0. The third-order valence-corrected chi connectivity index (χ3v) is 3.26. The molecule has 0 aromatic carbocycles. The van der Waals surface area contributed by atoms with E-state index in [4.69, 9.17) is 0 Å². The van der Waals surface area contributed by atoms with Crippen LogP contribution < -0.4 is 10.6 Å². The van der Waals surface area contributed by atoms with E-state index in [2.05, 4.69) is 10.6 Å². The third kappa shape index (κ3) is 5.71. The van der Waals surface area contributed by atoms with E-state index in [0.29, 0.717) is 6.04 Å². The van der Waals surface area contributed by atoms with Crippen molar-refractivity contribution >= 4 is 11.8 Å². The second kappa shape index (κ2) is 7.30. The van der Waals surface area contributed by atoms with Crippen LogP contribution in [-0.4, -0.2) is 23.9 Å². The molecule has 0 aromatic rings. The van der Waals surface area contributed by atoms with Gasteiger partial charge in [0.25, 0.3) is 0 Å². The summed E-state index contributed by atoms with van der Waals surface area (Å²) in [5, 5.41) is 5.65. The van der Waals surface area contributed by atoms with E-state index in [1.807, 2.05) is 0 Å². The molecule has 98 valence electrons. The molecule has 0 radical (unpaired) electrons. The Bertz CT molecular complexity index is 258. The van der Waals surface area contributed by atoms with E-state index in [1.165, 1.54) is 39.0 Å². The summed E-state index contributed by atoms with van der Waals surface area (Å²) in [6.45, 7) is 3.15. The molecule has 0 unspecified atom stereocenters. The quantitative estimate of drug-likeness (QED) is 0.789. The maximum Gasteiger partial charge on any atom is 0.242 e. The highest BCUT2D eigenvalue weighted by Crippen LogP contribution is 2.17. The Balaban J connectivity index is 2.34. The lowest BCUT2D eigenvalue weighted by Gasteiger charge is -2.23. The molecule has 0 saturated heterocycles. The summed E-state index contributed by atoms with van der Waals surface area (Å²) in [4.78, 5) is 22.7. The van der Waals surface area contributed by atoms with Crippen molar-refractivity contribution in [2.24, 2.45) is 0 Å². The molecule has 0 spiro atoms. The van der Waals surface area contributed by atoms with Crippen LogP contribution in [0.15, 0.2) is 0 Å². The highest BCUT2D eigenvalue weighted by Gasteiger charge is 2.18. The molecule has 1 fully saturated rings. The Labute approximate surface area is 104 Å². The molecular formula is C13H24N2O2. The normalized spacial score (nSPS) is 19.9. The summed E-state index contributed by atoms with van der Waals surface area (Å²) in [5.41, 5.74) is 0. The van der Waals surface area contributed by atoms with Crippen LogP contribution in [0.3, 0.4) is 0 Å². The monoisotopic (exact) mass is 240 g/mol. The molecule has 4 nitrogen and oxygen atoms in total. The molecular weight excluding hydrogens is 216 g/mol. The molecule has 2 N–H and O–H groups in total. The number of amides is 2. The number of carbonyl (C=O) groups excluding carboxylic acids is 2. The lowest BCUT2D eigenvalue weighted by Crippen LogP contribution is -2.47. The van der Waals surface area contributed by atoms with Crippen molar-refractivity contribution in [1.29, 1.82) is 0 Å².